The predicted molar refractivity (Wildman–Crippen MR) is 128 cm³/mol. The second kappa shape index (κ2) is 10.3. The van der Waals surface area contributed by atoms with Gasteiger partial charge in [-0.25, -0.2) is 4.79 Å². The lowest BCUT2D eigenvalue weighted by Crippen LogP contribution is -2.42. The molecule has 0 bridgehead atoms. The summed E-state index contributed by atoms with van der Waals surface area (Å²) in [6.07, 6.45) is 4.31. The van der Waals surface area contributed by atoms with Gasteiger partial charge in [-0.2, -0.15) is 5.26 Å². The number of nitrogens with one attached hydrogen (secondary N) is 2. The Morgan fingerprint density at radius 3 is 2.70 bits per heavy atom. The van der Waals surface area contributed by atoms with Crippen LogP contribution in [0, 0.1) is 11.3 Å². The number of urea groups is 1. The summed E-state index contributed by atoms with van der Waals surface area (Å²) in [6, 6.07) is 15.7. The minimum Gasteiger partial charge on any atom is -0.334 e. The third-order valence-corrected chi connectivity index (χ3v) is 6.89. The van der Waals surface area contributed by atoms with Crippen molar-refractivity contribution in [2.45, 2.75) is 38.8 Å². The number of carbonyl (C=O) groups is 2. The standard InChI is InChI=1S/C25H25N5O2S/c1-17(19-5-3-2-4-6-19)13-23(31)29-24-21(14-26)20-9-12-30(16-22(20)33-24)25(32)28-15-18-7-10-27-11-8-18/h2-8,10-11,17H,9,12-13,15-16H2,1H3,(H,28,32)(H,29,31)/t17-/m0/s1. The van der Waals surface area contributed by atoms with E-state index in [0.717, 1.165) is 21.6 Å². The van der Waals surface area contributed by atoms with Crippen LogP contribution in [-0.2, 0) is 24.3 Å². The SMILES string of the molecule is C[C@@H](CC(=O)Nc1sc2c(c1C#N)CCN(C(=O)NCc1ccncc1)C2)c1ccccc1. The van der Waals surface area contributed by atoms with Crippen molar-refractivity contribution in [1.82, 2.24) is 15.2 Å². The van der Waals surface area contributed by atoms with Gasteiger partial charge in [0, 0.05) is 36.8 Å². The molecule has 0 unspecified atom stereocenters. The zero-order chi connectivity index (χ0) is 23.2. The van der Waals surface area contributed by atoms with Gasteiger partial charge < -0.3 is 15.5 Å². The summed E-state index contributed by atoms with van der Waals surface area (Å²) >= 11 is 1.39. The topological polar surface area (TPSA) is 98.1 Å². The molecule has 2 aromatic heterocycles. The van der Waals surface area contributed by atoms with Gasteiger partial charge in [0.1, 0.15) is 11.1 Å². The van der Waals surface area contributed by atoms with Gasteiger partial charge in [-0.15, -0.1) is 11.3 Å². The van der Waals surface area contributed by atoms with E-state index < -0.39 is 0 Å². The van der Waals surface area contributed by atoms with Crippen LogP contribution in [0.5, 0.6) is 0 Å². The lowest BCUT2D eigenvalue weighted by molar-refractivity contribution is -0.116. The van der Waals surface area contributed by atoms with Crippen LogP contribution in [0.1, 0.15) is 46.4 Å². The second-order valence-corrected chi connectivity index (χ2v) is 9.17. The van der Waals surface area contributed by atoms with Gasteiger partial charge in [0.2, 0.25) is 5.91 Å². The molecule has 4 rings (SSSR count). The molecule has 7 nitrogen and oxygen atoms in total. The van der Waals surface area contributed by atoms with Gasteiger partial charge in [0.15, 0.2) is 0 Å². The van der Waals surface area contributed by atoms with E-state index in [0.29, 0.717) is 43.0 Å². The Labute approximate surface area is 197 Å². The molecular formula is C25H25N5O2S. The van der Waals surface area contributed by atoms with Crippen LogP contribution in [0.4, 0.5) is 9.80 Å². The highest BCUT2D eigenvalue weighted by Gasteiger charge is 2.27. The number of anilines is 1. The molecule has 0 aliphatic carbocycles. The molecule has 33 heavy (non-hydrogen) atoms. The first-order valence-electron chi connectivity index (χ1n) is 10.9. The zero-order valence-corrected chi connectivity index (χ0v) is 19.2. The van der Waals surface area contributed by atoms with Gasteiger partial charge in [0.05, 0.1) is 12.1 Å². The average molecular weight is 460 g/mol. The van der Waals surface area contributed by atoms with Crippen molar-refractivity contribution in [3.8, 4) is 6.07 Å². The first-order chi connectivity index (χ1) is 16.0. The second-order valence-electron chi connectivity index (χ2n) is 8.07. The fourth-order valence-corrected chi connectivity index (χ4v) is 5.16. The normalized spacial score (nSPS) is 13.5. The van der Waals surface area contributed by atoms with Gasteiger partial charge in [-0.3, -0.25) is 9.78 Å². The van der Waals surface area contributed by atoms with E-state index in [1.807, 2.05) is 49.4 Å². The zero-order valence-electron chi connectivity index (χ0n) is 18.4. The van der Waals surface area contributed by atoms with Crippen LogP contribution >= 0.6 is 11.3 Å². The molecule has 1 aliphatic rings. The van der Waals surface area contributed by atoms with E-state index in [9.17, 15) is 14.9 Å². The summed E-state index contributed by atoms with van der Waals surface area (Å²) in [5, 5.41) is 16.2. The van der Waals surface area contributed by atoms with E-state index in [1.165, 1.54) is 11.3 Å². The third-order valence-electron chi connectivity index (χ3n) is 5.76. The lowest BCUT2D eigenvalue weighted by atomic mass is 9.97. The van der Waals surface area contributed by atoms with Crippen LogP contribution in [-0.4, -0.2) is 28.4 Å². The summed E-state index contributed by atoms with van der Waals surface area (Å²) in [7, 11) is 0. The molecule has 1 atom stereocenters. The van der Waals surface area contributed by atoms with Gasteiger partial charge in [-0.1, -0.05) is 37.3 Å². The molecule has 168 valence electrons. The summed E-state index contributed by atoms with van der Waals surface area (Å²) in [5.74, 6) is -0.0423. The highest BCUT2D eigenvalue weighted by atomic mass is 32.1. The van der Waals surface area contributed by atoms with Crippen molar-refractivity contribution < 1.29 is 9.59 Å². The molecule has 0 spiro atoms. The number of rotatable bonds is 6. The van der Waals surface area contributed by atoms with E-state index in [1.54, 1.807) is 17.3 Å². The Morgan fingerprint density at radius 2 is 1.97 bits per heavy atom. The molecule has 2 N–H and O–H groups in total. The van der Waals surface area contributed by atoms with Crippen molar-refractivity contribution in [3.63, 3.8) is 0 Å². The molecule has 1 aliphatic heterocycles. The van der Waals surface area contributed by atoms with Crippen molar-refractivity contribution in [3.05, 3.63) is 82.0 Å². The number of amides is 3. The number of carbonyl (C=O) groups excluding carboxylic acids is 2. The molecular weight excluding hydrogens is 434 g/mol. The molecule has 0 saturated carbocycles. The van der Waals surface area contributed by atoms with E-state index >= 15 is 0 Å². The van der Waals surface area contributed by atoms with E-state index in [2.05, 4.69) is 21.7 Å². The number of aromatic nitrogens is 1. The number of benzene rings is 1. The summed E-state index contributed by atoms with van der Waals surface area (Å²) in [5.41, 5.74) is 3.54. The highest BCUT2D eigenvalue weighted by Crippen LogP contribution is 2.37. The maximum absolute atomic E-state index is 12.7. The average Bonchev–Trinajstić information content (AvgIpc) is 3.19. The predicted octanol–water partition coefficient (Wildman–Crippen LogP) is 4.41. The Hall–Kier alpha value is -3.70. The highest BCUT2D eigenvalue weighted by molar-refractivity contribution is 7.16. The first kappa shape index (κ1) is 22.5. The summed E-state index contributed by atoms with van der Waals surface area (Å²) < 4.78 is 0. The van der Waals surface area contributed by atoms with Gasteiger partial charge >= 0.3 is 6.03 Å². The van der Waals surface area contributed by atoms with Crippen LogP contribution in [0.15, 0.2) is 54.9 Å². The van der Waals surface area contributed by atoms with Crippen LogP contribution < -0.4 is 10.6 Å². The van der Waals surface area contributed by atoms with Crippen LogP contribution in [0.25, 0.3) is 0 Å². The Morgan fingerprint density at radius 1 is 1.21 bits per heavy atom. The first-order valence-corrected chi connectivity index (χ1v) is 11.7. The molecule has 3 aromatic rings. The summed E-state index contributed by atoms with van der Waals surface area (Å²) in [4.78, 5) is 32.0. The fraction of sp³-hybridized carbons (Fsp3) is 0.280. The molecule has 3 heterocycles. The van der Waals surface area contributed by atoms with Crippen molar-refractivity contribution in [2.75, 3.05) is 11.9 Å². The molecule has 0 radical (unpaired) electrons. The molecule has 1 aromatic carbocycles. The Kier molecular flexibility index (Phi) is 7.01. The number of nitriles is 1. The minimum absolute atomic E-state index is 0.0749. The van der Waals surface area contributed by atoms with Crippen LogP contribution in [0.3, 0.4) is 0 Å². The number of thiophene rings is 1. The van der Waals surface area contributed by atoms with Crippen molar-refractivity contribution in [2.24, 2.45) is 0 Å². The van der Waals surface area contributed by atoms with Gasteiger partial charge in [-0.05, 0) is 41.2 Å². The monoisotopic (exact) mass is 459 g/mol. The lowest BCUT2D eigenvalue weighted by Gasteiger charge is -2.27. The smallest absolute Gasteiger partial charge is 0.318 e. The number of hydrogen-bond donors (Lipinski definition) is 2. The number of hydrogen-bond acceptors (Lipinski definition) is 5. The maximum Gasteiger partial charge on any atom is 0.318 e. The fourth-order valence-electron chi connectivity index (χ4n) is 3.93. The maximum atomic E-state index is 12.7. The number of nitrogens with zero attached hydrogens (tertiary/aromatic N) is 3. The van der Waals surface area contributed by atoms with Crippen LogP contribution in [0.2, 0.25) is 0 Å². The quantitative estimate of drug-likeness (QED) is 0.570. The number of pyridine rings is 1. The van der Waals surface area contributed by atoms with Crippen molar-refractivity contribution in [1.29, 1.82) is 5.26 Å². The molecule has 0 saturated heterocycles. The largest absolute Gasteiger partial charge is 0.334 e. The van der Waals surface area contributed by atoms with Crippen molar-refractivity contribution >= 4 is 28.3 Å². The molecule has 8 heteroatoms. The molecule has 0 fully saturated rings. The van der Waals surface area contributed by atoms with E-state index in [4.69, 9.17) is 0 Å². The Balaban J connectivity index is 1.39. The molecule has 3 amide bonds. The summed E-state index contributed by atoms with van der Waals surface area (Å²) in [6.45, 7) is 3.40. The minimum atomic E-state index is -0.147. The third kappa shape index (κ3) is 5.38. The number of fused-ring (bicyclic) bond motifs is 1. The Bertz CT molecular complexity index is 1170. The van der Waals surface area contributed by atoms with Gasteiger partial charge in [0.25, 0.3) is 0 Å². The van der Waals surface area contributed by atoms with E-state index in [-0.39, 0.29) is 17.9 Å².